The van der Waals surface area contributed by atoms with E-state index in [-0.39, 0.29) is 16.7 Å². The second-order valence-corrected chi connectivity index (χ2v) is 5.96. The van der Waals surface area contributed by atoms with Crippen LogP contribution in [-0.2, 0) is 6.54 Å². The molecule has 0 spiro atoms. The average Bonchev–Trinajstić information content (AvgIpc) is 2.45. The highest BCUT2D eigenvalue weighted by molar-refractivity contribution is 9.10. The molecule has 0 saturated heterocycles. The maximum absolute atomic E-state index is 11.1. The molecule has 4 nitrogen and oxygen atoms in total. The van der Waals surface area contributed by atoms with Crippen LogP contribution in [-0.4, -0.2) is 4.92 Å². The van der Waals surface area contributed by atoms with Gasteiger partial charge in [-0.15, -0.1) is 0 Å². The van der Waals surface area contributed by atoms with Crippen LogP contribution in [0.4, 0.5) is 5.69 Å². The van der Waals surface area contributed by atoms with Gasteiger partial charge in [0.2, 0.25) is 0 Å². The highest BCUT2D eigenvalue weighted by Gasteiger charge is 2.15. The van der Waals surface area contributed by atoms with E-state index in [1.807, 2.05) is 12.1 Å². The Labute approximate surface area is 132 Å². The third-order valence-corrected chi connectivity index (χ3v) is 3.88. The van der Waals surface area contributed by atoms with E-state index in [1.165, 1.54) is 17.2 Å². The van der Waals surface area contributed by atoms with Crippen LogP contribution in [0.3, 0.4) is 0 Å². The Balaban J connectivity index is 2.11. The van der Waals surface area contributed by atoms with Gasteiger partial charge in [0.1, 0.15) is 0 Å². The predicted octanol–water partition coefficient (Wildman–Crippen LogP) is 4.52. The minimum Gasteiger partial charge on any atom is -0.306 e. The van der Waals surface area contributed by atoms with Gasteiger partial charge in [0.05, 0.1) is 4.92 Å². The van der Waals surface area contributed by atoms with Crippen LogP contribution in [0.5, 0.6) is 0 Å². The topological polar surface area (TPSA) is 55.2 Å². The highest BCUT2D eigenvalue weighted by atomic mass is 79.9. The number of halogens is 1. The molecule has 2 rings (SSSR count). The van der Waals surface area contributed by atoms with Gasteiger partial charge in [-0.25, -0.2) is 0 Å². The third kappa shape index (κ3) is 4.12. The van der Waals surface area contributed by atoms with Gasteiger partial charge >= 0.3 is 0 Å². The van der Waals surface area contributed by atoms with Crippen molar-refractivity contribution < 1.29 is 4.92 Å². The second-order valence-electron chi connectivity index (χ2n) is 5.05. The lowest BCUT2D eigenvalue weighted by atomic mass is 10.1. The van der Waals surface area contributed by atoms with Gasteiger partial charge < -0.3 is 5.32 Å². The van der Waals surface area contributed by atoms with Crippen LogP contribution in [0.15, 0.2) is 46.9 Å². The standard InChI is InChI=1S/C16H17BrN2O2/c1-11-4-3-5-13(8-11)12(2)18-10-14-6-7-15(17)9-16(14)19(20)21/h3-9,12,18H,10H2,1-2H3/t12-/m1/s1. The zero-order valence-electron chi connectivity index (χ0n) is 12.0. The summed E-state index contributed by atoms with van der Waals surface area (Å²) in [4.78, 5) is 10.7. The average molecular weight is 349 g/mol. The third-order valence-electron chi connectivity index (χ3n) is 3.38. The van der Waals surface area contributed by atoms with E-state index in [0.29, 0.717) is 16.6 Å². The summed E-state index contributed by atoms with van der Waals surface area (Å²) in [6.45, 7) is 4.56. The van der Waals surface area contributed by atoms with Crippen LogP contribution < -0.4 is 5.32 Å². The van der Waals surface area contributed by atoms with Crippen molar-refractivity contribution in [2.75, 3.05) is 0 Å². The number of rotatable bonds is 5. The molecule has 0 fully saturated rings. The second kappa shape index (κ2) is 6.83. The number of benzene rings is 2. The fourth-order valence-corrected chi connectivity index (χ4v) is 2.53. The lowest BCUT2D eigenvalue weighted by Gasteiger charge is -2.15. The van der Waals surface area contributed by atoms with Crippen molar-refractivity contribution >= 4 is 21.6 Å². The zero-order chi connectivity index (χ0) is 15.4. The molecule has 0 saturated carbocycles. The van der Waals surface area contributed by atoms with E-state index in [0.717, 1.165) is 0 Å². The number of hydrogen-bond acceptors (Lipinski definition) is 3. The summed E-state index contributed by atoms with van der Waals surface area (Å²) in [5.74, 6) is 0. The van der Waals surface area contributed by atoms with Gasteiger partial charge in [0, 0.05) is 28.7 Å². The van der Waals surface area contributed by atoms with Crippen molar-refractivity contribution in [2.24, 2.45) is 0 Å². The predicted molar refractivity (Wildman–Crippen MR) is 87.2 cm³/mol. The number of nitro groups is 1. The van der Waals surface area contributed by atoms with E-state index in [9.17, 15) is 10.1 Å². The van der Waals surface area contributed by atoms with Gasteiger partial charge in [-0.3, -0.25) is 10.1 Å². The molecule has 0 aliphatic carbocycles. The minimum atomic E-state index is -0.348. The maximum atomic E-state index is 11.1. The van der Waals surface area contributed by atoms with E-state index in [4.69, 9.17) is 0 Å². The smallest absolute Gasteiger partial charge is 0.275 e. The Bertz CT molecular complexity index is 658. The molecule has 2 aromatic rings. The number of hydrogen-bond donors (Lipinski definition) is 1. The molecular formula is C16H17BrN2O2. The van der Waals surface area contributed by atoms with Gasteiger partial charge in [-0.2, -0.15) is 0 Å². The van der Waals surface area contributed by atoms with Crippen molar-refractivity contribution in [1.29, 1.82) is 0 Å². The molecule has 2 aromatic carbocycles. The molecule has 0 aromatic heterocycles. The SMILES string of the molecule is Cc1cccc([C@@H](C)NCc2ccc(Br)cc2[N+](=O)[O-])c1. The van der Waals surface area contributed by atoms with Crippen LogP contribution in [0.25, 0.3) is 0 Å². The fourth-order valence-electron chi connectivity index (χ4n) is 2.18. The molecule has 0 aliphatic heterocycles. The lowest BCUT2D eigenvalue weighted by molar-refractivity contribution is -0.385. The minimum absolute atomic E-state index is 0.133. The molecule has 0 heterocycles. The van der Waals surface area contributed by atoms with Gasteiger partial charge in [-0.05, 0) is 31.5 Å². The molecule has 0 bridgehead atoms. The Hall–Kier alpha value is -1.72. The molecule has 0 radical (unpaired) electrons. The Morgan fingerprint density at radius 2 is 2.05 bits per heavy atom. The van der Waals surface area contributed by atoms with Crippen LogP contribution >= 0.6 is 15.9 Å². The monoisotopic (exact) mass is 348 g/mol. The molecule has 5 heteroatoms. The number of nitrogens with zero attached hydrogens (tertiary/aromatic N) is 1. The molecule has 0 unspecified atom stereocenters. The summed E-state index contributed by atoms with van der Waals surface area (Å²) >= 11 is 3.26. The molecule has 0 amide bonds. The van der Waals surface area contributed by atoms with Crippen LogP contribution in [0.1, 0.15) is 29.7 Å². The zero-order valence-corrected chi connectivity index (χ0v) is 13.6. The molecule has 21 heavy (non-hydrogen) atoms. The summed E-state index contributed by atoms with van der Waals surface area (Å²) in [7, 11) is 0. The maximum Gasteiger partial charge on any atom is 0.275 e. The summed E-state index contributed by atoms with van der Waals surface area (Å²) in [6.07, 6.45) is 0. The molecule has 0 aliphatic rings. The fraction of sp³-hybridized carbons (Fsp3) is 0.250. The summed E-state index contributed by atoms with van der Waals surface area (Å²) in [5.41, 5.74) is 3.20. The van der Waals surface area contributed by atoms with Gasteiger partial charge in [-0.1, -0.05) is 45.8 Å². The lowest BCUT2D eigenvalue weighted by Crippen LogP contribution is -2.18. The molecule has 1 N–H and O–H groups in total. The van der Waals surface area contributed by atoms with E-state index < -0.39 is 0 Å². The van der Waals surface area contributed by atoms with Crippen molar-refractivity contribution in [2.45, 2.75) is 26.4 Å². The van der Waals surface area contributed by atoms with Gasteiger partial charge in [0.15, 0.2) is 0 Å². The van der Waals surface area contributed by atoms with Crippen molar-refractivity contribution in [1.82, 2.24) is 5.32 Å². The van der Waals surface area contributed by atoms with Gasteiger partial charge in [0.25, 0.3) is 5.69 Å². The van der Waals surface area contributed by atoms with E-state index in [1.54, 1.807) is 6.07 Å². The number of aryl methyl sites for hydroxylation is 1. The first-order valence-electron chi connectivity index (χ1n) is 6.70. The Kier molecular flexibility index (Phi) is 5.09. The normalized spacial score (nSPS) is 12.1. The van der Waals surface area contributed by atoms with E-state index >= 15 is 0 Å². The van der Waals surface area contributed by atoms with Crippen molar-refractivity contribution in [3.63, 3.8) is 0 Å². The molecule has 1 atom stereocenters. The van der Waals surface area contributed by atoms with Crippen LogP contribution in [0.2, 0.25) is 0 Å². The molecule has 110 valence electrons. The quantitative estimate of drug-likeness (QED) is 0.638. The van der Waals surface area contributed by atoms with Crippen LogP contribution in [0, 0.1) is 17.0 Å². The van der Waals surface area contributed by atoms with E-state index in [2.05, 4.69) is 53.3 Å². The highest BCUT2D eigenvalue weighted by Crippen LogP contribution is 2.24. The first-order valence-corrected chi connectivity index (χ1v) is 7.49. The number of nitrogens with one attached hydrogen (secondary N) is 1. The largest absolute Gasteiger partial charge is 0.306 e. The Morgan fingerprint density at radius 1 is 1.29 bits per heavy atom. The first-order chi connectivity index (χ1) is 9.97. The van der Waals surface area contributed by atoms with Crippen molar-refractivity contribution in [3.05, 3.63) is 73.7 Å². The summed E-state index contributed by atoms with van der Waals surface area (Å²) < 4.78 is 0.713. The summed E-state index contributed by atoms with van der Waals surface area (Å²) in [6, 6.07) is 13.5. The Morgan fingerprint density at radius 3 is 2.71 bits per heavy atom. The molecular weight excluding hydrogens is 332 g/mol. The van der Waals surface area contributed by atoms with Crippen molar-refractivity contribution in [3.8, 4) is 0 Å². The first kappa shape index (κ1) is 15.7. The number of nitro benzene ring substituents is 1. The summed E-state index contributed by atoms with van der Waals surface area (Å²) in [5, 5.41) is 14.4.